The number of azide groups is 8. The van der Waals surface area contributed by atoms with Crippen molar-refractivity contribution in [2.45, 2.75) is 26.3 Å². The van der Waals surface area contributed by atoms with Gasteiger partial charge in [-0.2, -0.15) is 19.6 Å². The van der Waals surface area contributed by atoms with Crippen molar-refractivity contribution in [2.75, 3.05) is 50.2 Å². The van der Waals surface area contributed by atoms with E-state index < -0.39 is 0 Å². The topological polar surface area (TPSA) is 552 Å². The van der Waals surface area contributed by atoms with E-state index in [0.717, 1.165) is 71.8 Å². The zero-order chi connectivity index (χ0) is 49.1. The minimum atomic E-state index is 0.508. The molecule has 0 atom stereocenters. The van der Waals surface area contributed by atoms with Gasteiger partial charge in [-0.05, 0) is 73.6 Å². The summed E-state index contributed by atoms with van der Waals surface area (Å²) in [7, 11) is 6.21. The number of para-hydroxylation sites is 1. The molecule has 36 heteroatoms. The molecule has 0 aliphatic carbocycles. The molecule has 36 nitrogen and oxygen atoms in total. The third-order valence-electron chi connectivity index (χ3n) is 7.93. The molecule has 336 valence electrons. The quantitative estimate of drug-likeness (QED) is 0.0354. The summed E-state index contributed by atoms with van der Waals surface area (Å²) < 4.78 is 8.16. The molecule has 4 heterocycles. The molecule has 66 heavy (non-hydrogen) atoms. The molecule has 0 saturated heterocycles. The zero-order valence-corrected chi connectivity index (χ0v) is 35.0. The SMILES string of the molecule is Cc1cc(N(C)CCN(C)C)c(N)cc1Nc1nccc(-c2c(-c3ncco3)n3c4c(cccc24)CCC3)n1.[N-]=[N+]=N.[N-]=[N+]=NN=[N+]=[N-].[N-]=[N+]=NN=[N+]=[N-].[N-]=[N+]=NN=[N+]=[N-].[N-]=[N+]=NN=[N+]=[N-]. The Balaban J connectivity index is 0.000000658. The van der Waals surface area contributed by atoms with E-state index in [1.165, 1.54) is 11.1 Å². The Bertz CT molecular complexity index is 2610. The number of nitrogens with one attached hydrogen (secondary N) is 2. The summed E-state index contributed by atoms with van der Waals surface area (Å²) in [6, 6.07) is 12.5. The zero-order valence-electron chi connectivity index (χ0n) is 35.0. The Hall–Kier alpha value is -10.6. The number of benzene rings is 2. The van der Waals surface area contributed by atoms with Crippen LogP contribution in [0.4, 0.5) is 23.0 Å². The van der Waals surface area contributed by atoms with Crippen LogP contribution in [0.5, 0.6) is 0 Å². The molecule has 0 radical (unpaired) electrons. The maximum atomic E-state index is 7.39. The van der Waals surface area contributed by atoms with Crippen molar-refractivity contribution in [3.8, 4) is 22.8 Å². The molecule has 1 aliphatic heterocycles. The van der Waals surface area contributed by atoms with Crippen molar-refractivity contribution < 1.29 is 4.42 Å². The minimum Gasteiger partial charge on any atom is -0.443 e. The maximum absolute atomic E-state index is 7.39. The van der Waals surface area contributed by atoms with E-state index in [1.54, 1.807) is 23.6 Å². The van der Waals surface area contributed by atoms with Gasteiger partial charge < -0.3 is 29.8 Å². The van der Waals surface area contributed by atoms with Crippen LogP contribution in [0.1, 0.15) is 17.5 Å². The van der Waals surface area contributed by atoms with Gasteiger partial charge in [0.05, 0.1) is 49.7 Å². The van der Waals surface area contributed by atoms with Crippen molar-refractivity contribution in [3.05, 3.63) is 160 Å². The van der Waals surface area contributed by atoms with Gasteiger partial charge in [0.25, 0.3) is 20.9 Å². The van der Waals surface area contributed by atoms with Crippen molar-refractivity contribution in [3.63, 3.8) is 0 Å². The Morgan fingerprint density at radius 3 is 1.80 bits per heavy atom. The number of nitrogens with two attached hydrogens (primary N) is 1. The van der Waals surface area contributed by atoms with Gasteiger partial charge in [0.2, 0.25) is 11.8 Å². The van der Waals surface area contributed by atoms with E-state index in [9.17, 15) is 0 Å². The predicted molar refractivity (Wildman–Crippen MR) is 240 cm³/mol. The van der Waals surface area contributed by atoms with Gasteiger partial charge in [-0.15, -0.1) is 27.7 Å². The van der Waals surface area contributed by atoms with Crippen molar-refractivity contribution in [1.82, 2.24) is 24.4 Å². The fourth-order valence-corrected chi connectivity index (χ4v) is 5.63. The highest BCUT2D eigenvalue weighted by atomic mass is 16.3. The van der Waals surface area contributed by atoms with Gasteiger partial charge >= 0.3 is 0 Å². The number of aromatic nitrogens is 4. The van der Waals surface area contributed by atoms with Gasteiger partial charge in [0.1, 0.15) is 12.0 Å². The Kier molecular flexibility index (Phi) is 25.4. The number of nitrogen functional groups attached to an aromatic ring is 1. The average molecular weight is 902 g/mol. The Morgan fingerprint density at radius 1 is 0.773 bits per heavy atom. The highest BCUT2D eigenvalue weighted by Crippen LogP contribution is 2.43. The van der Waals surface area contributed by atoms with E-state index >= 15 is 0 Å². The van der Waals surface area contributed by atoms with Crippen LogP contribution in [0.25, 0.3) is 128 Å². The molecule has 4 N–H and O–H groups in total. The molecule has 0 amide bonds. The van der Waals surface area contributed by atoms with E-state index in [1.807, 2.05) is 12.1 Å². The lowest BCUT2D eigenvalue weighted by molar-refractivity contribution is 0.416. The fourth-order valence-electron chi connectivity index (χ4n) is 5.63. The number of hydrogen-bond acceptors (Lipinski definition) is 9. The van der Waals surface area contributed by atoms with Crippen molar-refractivity contribution >= 4 is 33.9 Å². The second-order valence-electron chi connectivity index (χ2n) is 12.0. The lowest BCUT2D eigenvalue weighted by Crippen LogP contribution is -2.29. The first-order valence-corrected chi connectivity index (χ1v) is 17.7. The standard InChI is InChI=1S/C30H34N8O.4N6.HN3/c1-19-17-25(37(4)15-14-36(2)3)22(31)18-24(19)35-30-33-11-10-23(34-30)26-21-9-5-7-20-8-6-13-38(27(20)21)28(26)29-32-12-16-39-29;4*1-3-5-6-4-2;1-3-2/h5,7,9-12,16-18H,6,8,13-15,31H2,1-4H3,(H,33,34,35);;;;;1H. The molecule has 5 aromatic rings. The van der Waals surface area contributed by atoms with Crippen molar-refractivity contribution in [1.29, 1.82) is 5.53 Å². The molecule has 0 spiro atoms. The fraction of sp³-hybridized carbons (Fsp3) is 0.300. The normalized spacial score (nSPS) is 9.41. The van der Waals surface area contributed by atoms with Crippen LogP contribution in [-0.2, 0) is 13.0 Å². The Morgan fingerprint density at radius 2 is 1.32 bits per heavy atom. The van der Waals surface area contributed by atoms with Crippen molar-refractivity contribution in [2.24, 2.45) is 41.8 Å². The largest absolute Gasteiger partial charge is 0.443 e. The Labute approximate surface area is 369 Å². The van der Waals surface area contributed by atoms with Gasteiger partial charge in [-0.1, -0.05) is 40.3 Å². The molecule has 0 bridgehead atoms. The number of oxazole rings is 1. The number of anilines is 4. The van der Waals surface area contributed by atoms with Gasteiger partial charge in [-0.3, -0.25) is 0 Å². The van der Waals surface area contributed by atoms with Crippen LogP contribution in [-0.4, -0.2) is 58.7 Å². The predicted octanol–water partition coefficient (Wildman–Crippen LogP) is 12.3. The summed E-state index contributed by atoms with van der Waals surface area (Å²) in [6.07, 6.45) is 7.23. The number of nitrogens with zero attached hydrogens (tertiary/aromatic N) is 32. The molecule has 0 unspecified atom stereocenters. The molecular formula is C30H35N35O. The molecule has 2 aromatic carbocycles. The minimum absolute atomic E-state index is 0.508. The van der Waals surface area contributed by atoms with E-state index in [-0.39, 0.29) is 0 Å². The summed E-state index contributed by atoms with van der Waals surface area (Å²) in [5.41, 5.74) is 86.9. The number of hydrogen-bond donors (Lipinski definition) is 3. The number of rotatable bonds is 12. The average Bonchev–Trinajstić information content (AvgIpc) is 3.98. The second-order valence-corrected chi connectivity index (χ2v) is 12.0. The highest BCUT2D eigenvalue weighted by molar-refractivity contribution is 6.04. The lowest BCUT2D eigenvalue weighted by Gasteiger charge is -2.24. The molecule has 0 saturated carbocycles. The third-order valence-corrected chi connectivity index (χ3v) is 7.93. The first-order chi connectivity index (χ1) is 32.0. The summed E-state index contributed by atoms with van der Waals surface area (Å²) in [5, 5.41) is 24.4. The maximum Gasteiger partial charge on any atom is 0.280 e. The molecule has 6 rings (SSSR count). The van der Waals surface area contributed by atoms with Crippen LogP contribution in [0.2, 0.25) is 0 Å². The molecular weight excluding hydrogens is 867 g/mol. The van der Waals surface area contributed by atoms with Gasteiger partial charge in [-0.25, -0.2) is 15.0 Å². The second kappa shape index (κ2) is 31.3. The third kappa shape index (κ3) is 17.6. The van der Waals surface area contributed by atoms with Crippen LogP contribution in [0.15, 0.2) is 101 Å². The van der Waals surface area contributed by atoms with E-state index in [0.29, 0.717) is 17.5 Å². The molecule has 3 aromatic heterocycles. The van der Waals surface area contributed by atoms with Gasteiger partial charge in [0.15, 0.2) is 0 Å². The molecule has 1 aliphatic rings. The number of likely N-dealkylation sites (N-methyl/N-ethyl adjacent to an activating group) is 2. The first kappa shape index (κ1) is 53.4. The highest BCUT2D eigenvalue weighted by Gasteiger charge is 2.27. The van der Waals surface area contributed by atoms with Crippen LogP contribution < -0.4 is 16.0 Å². The smallest absolute Gasteiger partial charge is 0.280 e. The molecule has 0 fully saturated rings. The number of aryl methyl sites for hydroxylation is 3. The first-order valence-electron chi connectivity index (χ1n) is 17.7. The summed E-state index contributed by atoms with van der Waals surface area (Å²) >= 11 is 0. The van der Waals surface area contributed by atoms with Crippen LogP contribution in [0, 0.1) is 12.5 Å². The monoisotopic (exact) mass is 901 g/mol. The lowest BCUT2D eigenvalue weighted by atomic mass is 10.0. The van der Waals surface area contributed by atoms with Crippen LogP contribution in [0.3, 0.4) is 0 Å². The summed E-state index contributed by atoms with van der Waals surface area (Å²) in [6.45, 7) is 4.81. The summed E-state index contributed by atoms with van der Waals surface area (Å²) in [4.78, 5) is 37.2. The van der Waals surface area contributed by atoms with E-state index in [4.69, 9.17) is 70.4 Å². The van der Waals surface area contributed by atoms with E-state index in [2.05, 4.69) is 163 Å². The van der Waals surface area contributed by atoms with Gasteiger partial charge in [0, 0.05) is 69.2 Å². The van der Waals surface area contributed by atoms with Crippen LogP contribution >= 0.6 is 0 Å². The summed E-state index contributed by atoms with van der Waals surface area (Å²) in [5.74, 6) is 1.11.